The quantitative estimate of drug-likeness (QED) is 0.700. The van der Waals surface area contributed by atoms with Crippen molar-refractivity contribution in [1.29, 1.82) is 0 Å². The second-order valence-electron chi connectivity index (χ2n) is 7.11. The normalized spacial score (nSPS) is 16.9. The molecule has 4 rings (SSSR count). The van der Waals surface area contributed by atoms with Crippen molar-refractivity contribution >= 4 is 15.9 Å². The minimum absolute atomic E-state index is 0.196. The zero-order valence-corrected chi connectivity index (χ0v) is 16.8. The van der Waals surface area contributed by atoms with E-state index in [0.717, 1.165) is 11.3 Å². The summed E-state index contributed by atoms with van der Waals surface area (Å²) in [4.78, 5) is 12.7. The first-order valence-electron chi connectivity index (χ1n) is 9.37. The van der Waals surface area contributed by atoms with E-state index in [4.69, 9.17) is 0 Å². The van der Waals surface area contributed by atoms with Crippen LogP contribution in [0.15, 0.2) is 71.8 Å². The molecule has 1 aromatic heterocycles. The van der Waals surface area contributed by atoms with E-state index in [1.165, 1.54) is 4.31 Å². The standard InChI is InChI=1S/C21H22N4O3S/c1-16-7-9-20(10-8-16)29(27,28)24-14-18-11-12-23-25(18)19(15-24)13-22-21(26)17-5-3-2-4-6-17/h2-12,19H,13-15H2,1H3,(H,22,26)/t19-/m1/s1. The molecule has 7 nitrogen and oxygen atoms in total. The molecule has 0 bridgehead atoms. The number of benzene rings is 2. The SMILES string of the molecule is Cc1ccc(S(=O)(=O)N2Cc3ccnn3[C@H](CNC(=O)c3ccccc3)C2)cc1. The summed E-state index contributed by atoms with van der Waals surface area (Å²) in [5.41, 5.74) is 2.36. The molecule has 0 aliphatic carbocycles. The van der Waals surface area contributed by atoms with Crippen LogP contribution in [0.5, 0.6) is 0 Å². The number of fused-ring (bicyclic) bond motifs is 1. The number of carbonyl (C=O) groups excluding carboxylic acids is 1. The molecule has 1 amide bonds. The number of aromatic nitrogens is 2. The Morgan fingerprint density at radius 3 is 2.55 bits per heavy atom. The van der Waals surface area contributed by atoms with Crippen molar-refractivity contribution in [3.8, 4) is 0 Å². The number of nitrogens with zero attached hydrogens (tertiary/aromatic N) is 3. The highest BCUT2D eigenvalue weighted by Gasteiger charge is 2.33. The van der Waals surface area contributed by atoms with Gasteiger partial charge in [-0.25, -0.2) is 8.42 Å². The summed E-state index contributed by atoms with van der Waals surface area (Å²) in [6.45, 7) is 2.68. The van der Waals surface area contributed by atoms with Gasteiger partial charge in [0.25, 0.3) is 5.91 Å². The molecule has 0 saturated heterocycles. The fraction of sp³-hybridized carbons (Fsp3) is 0.238. The summed E-state index contributed by atoms with van der Waals surface area (Å²) in [7, 11) is -3.64. The van der Waals surface area contributed by atoms with E-state index in [1.54, 1.807) is 59.4 Å². The zero-order valence-electron chi connectivity index (χ0n) is 16.0. The average molecular weight is 410 g/mol. The molecule has 2 aromatic carbocycles. The molecule has 1 atom stereocenters. The maximum atomic E-state index is 13.1. The van der Waals surface area contributed by atoms with Crippen LogP contribution in [0, 0.1) is 6.92 Å². The summed E-state index contributed by atoms with van der Waals surface area (Å²) in [5.74, 6) is -0.196. The Hall–Kier alpha value is -2.97. The summed E-state index contributed by atoms with van der Waals surface area (Å²) in [5, 5.41) is 7.23. The van der Waals surface area contributed by atoms with Crippen LogP contribution in [0.1, 0.15) is 27.7 Å². The van der Waals surface area contributed by atoms with E-state index in [9.17, 15) is 13.2 Å². The van der Waals surface area contributed by atoms with Crippen molar-refractivity contribution in [2.24, 2.45) is 0 Å². The number of aryl methyl sites for hydroxylation is 1. The first kappa shape index (κ1) is 19.4. The van der Waals surface area contributed by atoms with E-state index in [2.05, 4.69) is 10.4 Å². The van der Waals surface area contributed by atoms with E-state index in [1.807, 2.05) is 19.1 Å². The largest absolute Gasteiger partial charge is 0.350 e. The lowest BCUT2D eigenvalue weighted by atomic mass is 10.2. The molecular weight excluding hydrogens is 388 g/mol. The van der Waals surface area contributed by atoms with Crippen molar-refractivity contribution < 1.29 is 13.2 Å². The Morgan fingerprint density at radius 1 is 1.10 bits per heavy atom. The number of sulfonamides is 1. The van der Waals surface area contributed by atoms with Gasteiger partial charge in [0.05, 0.1) is 23.2 Å². The molecule has 0 radical (unpaired) electrons. The molecule has 150 valence electrons. The molecular formula is C21H22N4O3S. The van der Waals surface area contributed by atoms with Crippen LogP contribution in [0.3, 0.4) is 0 Å². The number of carbonyl (C=O) groups is 1. The molecule has 0 saturated carbocycles. The molecule has 1 N–H and O–H groups in total. The number of hydrogen-bond donors (Lipinski definition) is 1. The van der Waals surface area contributed by atoms with Gasteiger partial charge in [0.15, 0.2) is 0 Å². The van der Waals surface area contributed by atoms with E-state index < -0.39 is 10.0 Å². The van der Waals surface area contributed by atoms with Crippen LogP contribution < -0.4 is 5.32 Å². The third kappa shape index (κ3) is 3.94. The van der Waals surface area contributed by atoms with E-state index in [-0.39, 0.29) is 36.5 Å². The van der Waals surface area contributed by atoms with Crippen LogP contribution in [0.4, 0.5) is 0 Å². The highest BCUT2D eigenvalue weighted by atomic mass is 32.2. The zero-order chi connectivity index (χ0) is 20.4. The average Bonchev–Trinajstić information content (AvgIpc) is 3.21. The first-order chi connectivity index (χ1) is 13.9. The van der Waals surface area contributed by atoms with Gasteiger partial charge in [-0.05, 0) is 37.3 Å². The number of hydrogen-bond acceptors (Lipinski definition) is 4. The van der Waals surface area contributed by atoms with Crippen molar-refractivity contribution in [2.75, 3.05) is 13.1 Å². The summed E-state index contributed by atoms with van der Waals surface area (Å²) in [6.07, 6.45) is 1.66. The van der Waals surface area contributed by atoms with Gasteiger partial charge in [0, 0.05) is 24.8 Å². The lowest BCUT2D eigenvalue weighted by molar-refractivity contribution is 0.0942. The molecule has 2 heterocycles. The topological polar surface area (TPSA) is 84.3 Å². The van der Waals surface area contributed by atoms with Crippen LogP contribution in [0.2, 0.25) is 0 Å². The third-order valence-corrected chi connectivity index (χ3v) is 6.87. The first-order valence-corrected chi connectivity index (χ1v) is 10.8. The van der Waals surface area contributed by atoms with Crippen molar-refractivity contribution in [2.45, 2.75) is 24.4 Å². The van der Waals surface area contributed by atoms with Crippen molar-refractivity contribution in [3.05, 3.63) is 83.7 Å². The maximum absolute atomic E-state index is 13.1. The fourth-order valence-electron chi connectivity index (χ4n) is 3.45. The minimum Gasteiger partial charge on any atom is -0.350 e. The van der Waals surface area contributed by atoms with E-state index >= 15 is 0 Å². The monoisotopic (exact) mass is 410 g/mol. The van der Waals surface area contributed by atoms with Gasteiger partial charge < -0.3 is 5.32 Å². The number of nitrogens with one attached hydrogen (secondary N) is 1. The lowest BCUT2D eigenvalue weighted by Crippen LogP contribution is -2.45. The van der Waals surface area contributed by atoms with Gasteiger partial charge in [0.1, 0.15) is 0 Å². The molecule has 1 aliphatic rings. The summed E-state index contributed by atoms with van der Waals surface area (Å²) in [6, 6.07) is 17.3. The van der Waals surface area contributed by atoms with Gasteiger partial charge in [-0.15, -0.1) is 0 Å². The Labute approximate surface area is 170 Å². The summed E-state index contributed by atoms with van der Waals surface area (Å²) >= 11 is 0. The third-order valence-electron chi connectivity index (χ3n) is 5.04. The number of amides is 1. The highest BCUT2D eigenvalue weighted by molar-refractivity contribution is 7.89. The van der Waals surface area contributed by atoms with Gasteiger partial charge in [-0.1, -0.05) is 35.9 Å². The molecule has 1 aliphatic heterocycles. The molecule has 0 fully saturated rings. The molecule has 29 heavy (non-hydrogen) atoms. The van der Waals surface area contributed by atoms with Gasteiger partial charge >= 0.3 is 0 Å². The smallest absolute Gasteiger partial charge is 0.251 e. The minimum atomic E-state index is -3.64. The Bertz CT molecular complexity index is 1110. The maximum Gasteiger partial charge on any atom is 0.251 e. The van der Waals surface area contributed by atoms with Crippen molar-refractivity contribution in [3.63, 3.8) is 0 Å². The van der Waals surface area contributed by atoms with Crippen LogP contribution in [-0.2, 0) is 16.6 Å². The predicted molar refractivity (Wildman–Crippen MR) is 109 cm³/mol. The van der Waals surface area contributed by atoms with Crippen LogP contribution in [-0.4, -0.2) is 41.5 Å². The second-order valence-corrected chi connectivity index (χ2v) is 9.05. The lowest BCUT2D eigenvalue weighted by Gasteiger charge is -2.33. The van der Waals surface area contributed by atoms with E-state index in [0.29, 0.717) is 5.56 Å². The Kier molecular flexibility index (Phi) is 5.21. The van der Waals surface area contributed by atoms with Gasteiger partial charge in [-0.3, -0.25) is 9.48 Å². The molecule has 0 unspecified atom stereocenters. The predicted octanol–water partition coefficient (Wildman–Crippen LogP) is 2.37. The fourth-order valence-corrected chi connectivity index (χ4v) is 4.90. The van der Waals surface area contributed by atoms with Crippen molar-refractivity contribution in [1.82, 2.24) is 19.4 Å². The summed E-state index contributed by atoms with van der Waals surface area (Å²) < 4.78 is 29.5. The second kappa shape index (κ2) is 7.81. The van der Waals surface area contributed by atoms with Gasteiger partial charge in [-0.2, -0.15) is 9.40 Å². The Balaban J connectivity index is 1.54. The number of rotatable bonds is 5. The van der Waals surface area contributed by atoms with Gasteiger partial charge in [0.2, 0.25) is 10.0 Å². The molecule has 0 spiro atoms. The molecule has 8 heteroatoms. The van der Waals surface area contributed by atoms with Crippen LogP contribution in [0.25, 0.3) is 0 Å². The Morgan fingerprint density at radius 2 is 1.83 bits per heavy atom. The molecule has 3 aromatic rings. The highest BCUT2D eigenvalue weighted by Crippen LogP contribution is 2.26. The van der Waals surface area contributed by atoms with Crippen LogP contribution >= 0.6 is 0 Å².